The molecule has 1 aliphatic heterocycles. The van der Waals surface area contributed by atoms with Gasteiger partial charge in [-0.05, 0) is 62.1 Å². The van der Waals surface area contributed by atoms with Crippen molar-refractivity contribution in [2.45, 2.75) is 77.3 Å². The summed E-state index contributed by atoms with van der Waals surface area (Å²) in [6, 6.07) is 16.0. The maximum absolute atomic E-state index is 12.5. The predicted octanol–water partition coefficient (Wildman–Crippen LogP) is 5.75. The molecule has 0 fully saturated rings. The van der Waals surface area contributed by atoms with Crippen LogP contribution in [0.4, 0.5) is 21.9 Å². The van der Waals surface area contributed by atoms with Gasteiger partial charge in [-0.25, -0.2) is 4.79 Å². The molecule has 0 spiro atoms. The molecule has 0 aromatic heterocycles. The monoisotopic (exact) mass is 494 g/mol. The van der Waals surface area contributed by atoms with Gasteiger partial charge in [-0.1, -0.05) is 44.4 Å². The number of unbranched alkanes of at least 4 members (excludes halogenated alkanes) is 4. The quantitative estimate of drug-likeness (QED) is 0.325. The molecule has 0 bridgehead atoms. The minimum Gasteiger partial charge on any atom is -0.450 e. The Morgan fingerprint density at radius 1 is 0.972 bits per heavy atom. The maximum atomic E-state index is 12.5. The highest BCUT2D eigenvalue weighted by Gasteiger charge is 2.32. The molecular formula is C28H38N4O4. The van der Waals surface area contributed by atoms with E-state index in [4.69, 9.17) is 10.5 Å². The highest BCUT2D eigenvalue weighted by molar-refractivity contribution is 5.95. The standard InChI is InChI=1S/C28H38N4O4/c1-3-27(34)32-20(2)19-24(23-11-8-9-12-25(23)32)30-21-14-16-22(17-15-21)31-26(33)13-7-5-4-6-10-18-36-28(29)35/h8-9,11-12,14-17,20,24,30H,3-7,10,13,18-19H2,1-2H3,(H2,29,35)(H,31,33)/t20-,24+/m0/s1. The van der Waals surface area contributed by atoms with E-state index in [9.17, 15) is 14.4 Å². The molecule has 0 aliphatic carbocycles. The highest BCUT2D eigenvalue weighted by atomic mass is 16.5. The molecular weight excluding hydrogens is 456 g/mol. The summed E-state index contributed by atoms with van der Waals surface area (Å²) in [4.78, 5) is 37.2. The second kappa shape index (κ2) is 13.5. The van der Waals surface area contributed by atoms with Crippen molar-refractivity contribution in [2.24, 2.45) is 5.73 Å². The number of para-hydroxylation sites is 1. The van der Waals surface area contributed by atoms with Crippen LogP contribution in [0.5, 0.6) is 0 Å². The summed E-state index contributed by atoms with van der Waals surface area (Å²) in [5.41, 5.74) is 8.75. The second-order valence-electron chi connectivity index (χ2n) is 9.27. The van der Waals surface area contributed by atoms with Gasteiger partial charge in [0.1, 0.15) is 0 Å². The molecule has 194 valence electrons. The van der Waals surface area contributed by atoms with Gasteiger partial charge in [0.2, 0.25) is 11.8 Å². The molecule has 2 aromatic carbocycles. The van der Waals surface area contributed by atoms with Crippen molar-refractivity contribution >= 4 is 35.0 Å². The Morgan fingerprint density at radius 3 is 2.36 bits per heavy atom. The van der Waals surface area contributed by atoms with Crippen molar-refractivity contribution in [3.63, 3.8) is 0 Å². The van der Waals surface area contributed by atoms with Crippen molar-refractivity contribution in [3.05, 3.63) is 54.1 Å². The van der Waals surface area contributed by atoms with E-state index in [2.05, 4.69) is 23.6 Å². The van der Waals surface area contributed by atoms with Gasteiger partial charge < -0.3 is 26.0 Å². The van der Waals surface area contributed by atoms with Gasteiger partial charge in [0.25, 0.3) is 0 Å². The summed E-state index contributed by atoms with van der Waals surface area (Å²) in [5, 5.41) is 6.57. The van der Waals surface area contributed by atoms with Crippen LogP contribution >= 0.6 is 0 Å². The van der Waals surface area contributed by atoms with E-state index in [0.29, 0.717) is 19.4 Å². The van der Waals surface area contributed by atoms with Crippen molar-refractivity contribution in [1.29, 1.82) is 0 Å². The lowest BCUT2D eigenvalue weighted by atomic mass is 9.91. The smallest absolute Gasteiger partial charge is 0.404 e. The zero-order chi connectivity index (χ0) is 25.9. The molecule has 0 saturated heterocycles. The van der Waals surface area contributed by atoms with Gasteiger partial charge in [-0.3, -0.25) is 9.59 Å². The number of carbonyl (C=O) groups is 3. The lowest BCUT2D eigenvalue weighted by Crippen LogP contribution is -2.44. The van der Waals surface area contributed by atoms with Crippen molar-refractivity contribution < 1.29 is 19.1 Å². The average Bonchev–Trinajstić information content (AvgIpc) is 2.86. The van der Waals surface area contributed by atoms with E-state index in [0.717, 1.165) is 61.2 Å². The van der Waals surface area contributed by atoms with E-state index in [1.807, 2.05) is 54.3 Å². The number of hydrogen-bond acceptors (Lipinski definition) is 5. The number of nitrogens with two attached hydrogens (primary N) is 1. The first-order valence-electron chi connectivity index (χ1n) is 12.9. The van der Waals surface area contributed by atoms with Gasteiger partial charge in [0.15, 0.2) is 0 Å². The number of nitrogens with one attached hydrogen (secondary N) is 2. The number of rotatable bonds is 12. The first kappa shape index (κ1) is 27.0. The van der Waals surface area contributed by atoms with Crippen LogP contribution in [0.25, 0.3) is 0 Å². The van der Waals surface area contributed by atoms with Gasteiger partial charge in [-0.2, -0.15) is 0 Å². The van der Waals surface area contributed by atoms with Crippen molar-refractivity contribution in [2.75, 3.05) is 22.1 Å². The molecule has 0 saturated carbocycles. The summed E-state index contributed by atoms with van der Waals surface area (Å²) in [7, 11) is 0. The molecule has 2 aromatic rings. The van der Waals surface area contributed by atoms with Gasteiger partial charge in [0.05, 0.1) is 12.6 Å². The topological polar surface area (TPSA) is 114 Å². The summed E-state index contributed by atoms with van der Waals surface area (Å²) in [6.45, 7) is 4.34. The molecule has 3 rings (SSSR count). The van der Waals surface area contributed by atoms with Crippen molar-refractivity contribution in [1.82, 2.24) is 0 Å². The number of fused-ring (bicyclic) bond motifs is 1. The van der Waals surface area contributed by atoms with E-state index >= 15 is 0 Å². The molecule has 8 heteroatoms. The fourth-order valence-corrected chi connectivity index (χ4v) is 4.66. The number of anilines is 3. The van der Waals surface area contributed by atoms with E-state index in [1.54, 1.807) is 0 Å². The zero-order valence-electron chi connectivity index (χ0n) is 21.3. The minimum absolute atomic E-state index is 0.00323. The Kier molecular flexibility index (Phi) is 10.2. The van der Waals surface area contributed by atoms with Crippen LogP contribution in [0.15, 0.2) is 48.5 Å². The molecule has 0 radical (unpaired) electrons. The molecule has 1 heterocycles. The molecule has 8 nitrogen and oxygen atoms in total. The van der Waals surface area contributed by atoms with Gasteiger partial charge >= 0.3 is 6.09 Å². The summed E-state index contributed by atoms with van der Waals surface area (Å²) in [5.74, 6) is 0.145. The number of ether oxygens (including phenoxy) is 1. The molecule has 1 aliphatic rings. The van der Waals surface area contributed by atoms with Crippen LogP contribution in [0.2, 0.25) is 0 Å². The summed E-state index contributed by atoms with van der Waals surface area (Å²) in [6.07, 6.45) is 5.54. The first-order valence-corrected chi connectivity index (χ1v) is 12.9. The van der Waals surface area contributed by atoms with Crippen LogP contribution in [0.3, 0.4) is 0 Å². The Bertz CT molecular complexity index is 1020. The molecule has 0 unspecified atom stereocenters. The van der Waals surface area contributed by atoms with Gasteiger partial charge in [-0.15, -0.1) is 0 Å². The normalized spacial score (nSPS) is 16.7. The summed E-state index contributed by atoms with van der Waals surface area (Å²) < 4.78 is 4.70. The van der Waals surface area contributed by atoms with Gasteiger partial charge in [0, 0.05) is 35.9 Å². The first-order chi connectivity index (χ1) is 17.4. The Morgan fingerprint density at radius 2 is 1.64 bits per heavy atom. The molecule has 3 amide bonds. The second-order valence-corrected chi connectivity index (χ2v) is 9.27. The van der Waals surface area contributed by atoms with Crippen LogP contribution in [0, 0.1) is 0 Å². The number of nitrogens with zero attached hydrogens (tertiary/aromatic N) is 1. The number of primary amides is 1. The molecule has 36 heavy (non-hydrogen) atoms. The van der Waals surface area contributed by atoms with Crippen molar-refractivity contribution in [3.8, 4) is 0 Å². The zero-order valence-corrected chi connectivity index (χ0v) is 21.3. The number of amides is 3. The SMILES string of the molecule is CCC(=O)N1c2ccccc2[C@H](Nc2ccc(NC(=O)CCCCCCCOC(N)=O)cc2)C[C@@H]1C. The fraction of sp³-hybridized carbons (Fsp3) is 0.464. The van der Waals surface area contributed by atoms with Crippen LogP contribution in [0.1, 0.15) is 76.8 Å². The third kappa shape index (κ3) is 7.73. The third-order valence-electron chi connectivity index (χ3n) is 6.46. The predicted molar refractivity (Wildman–Crippen MR) is 143 cm³/mol. The molecule has 2 atom stereocenters. The number of benzene rings is 2. The van der Waals surface area contributed by atoms with E-state index in [1.165, 1.54) is 0 Å². The summed E-state index contributed by atoms with van der Waals surface area (Å²) >= 11 is 0. The molecule has 4 N–H and O–H groups in total. The minimum atomic E-state index is -0.735. The fourth-order valence-electron chi connectivity index (χ4n) is 4.66. The van der Waals surface area contributed by atoms with E-state index in [-0.39, 0.29) is 23.9 Å². The van der Waals surface area contributed by atoms with Crippen LogP contribution in [-0.4, -0.2) is 30.6 Å². The van der Waals surface area contributed by atoms with Crippen LogP contribution < -0.4 is 21.3 Å². The highest BCUT2D eigenvalue weighted by Crippen LogP contribution is 2.39. The van der Waals surface area contributed by atoms with Crippen LogP contribution in [-0.2, 0) is 14.3 Å². The average molecular weight is 495 g/mol. The van der Waals surface area contributed by atoms with E-state index < -0.39 is 6.09 Å². The largest absolute Gasteiger partial charge is 0.450 e. The lowest BCUT2D eigenvalue weighted by molar-refractivity contribution is -0.119. The lowest BCUT2D eigenvalue weighted by Gasteiger charge is -2.40. The Labute approximate surface area is 213 Å². The maximum Gasteiger partial charge on any atom is 0.404 e. The Balaban J connectivity index is 1.46. The number of hydrogen-bond donors (Lipinski definition) is 3. The number of carbonyl (C=O) groups excluding carboxylic acids is 3. The third-order valence-corrected chi connectivity index (χ3v) is 6.46. The Hall–Kier alpha value is -3.55.